The van der Waals surface area contributed by atoms with Crippen LogP contribution < -0.4 is 10.6 Å². The topological polar surface area (TPSA) is 78.4 Å². The molecule has 0 saturated heterocycles. The van der Waals surface area contributed by atoms with Gasteiger partial charge in [-0.05, 0) is 29.9 Å². The number of hydrogen-bond acceptors (Lipinski definition) is 2. The van der Waals surface area contributed by atoms with Gasteiger partial charge in [0, 0.05) is 5.69 Å². The normalized spacial score (nSPS) is 12.3. The standard InChI is InChI=1S/C16H24N2O3/c1-9(2)12-8-6-7-11(5)14(12)18-16(21)17-13(10(3)4)15(19)20/h6-10,13H,1-5H3,(H,19,20)(H2,17,18,21). The fraction of sp³-hybridized carbons (Fsp3) is 0.500. The van der Waals surface area contributed by atoms with E-state index in [0.717, 1.165) is 16.8 Å². The highest BCUT2D eigenvalue weighted by Gasteiger charge is 2.24. The molecule has 116 valence electrons. The molecule has 1 aromatic rings. The second-order valence-corrected chi connectivity index (χ2v) is 5.85. The highest BCUT2D eigenvalue weighted by atomic mass is 16.4. The molecule has 1 rings (SSSR count). The van der Waals surface area contributed by atoms with E-state index in [0.29, 0.717) is 0 Å². The summed E-state index contributed by atoms with van der Waals surface area (Å²) in [6, 6.07) is 4.43. The molecule has 0 aliphatic rings. The Morgan fingerprint density at radius 1 is 1.14 bits per heavy atom. The van der Waals surface area contributed by atoms with E-state index in [-0.39, 0.29) is 11.8 Å². The molecule has 1 unspecified atom stereocenters. The molecule has 0 fully saturated rings. The third-order valence-electron chi connectivity index (χ3n) is 3.38. The number of para-hydroxylation sites is 1. The number of aliphatic carboxylic acids is 1. The number of rotatable bonds is 5. The van der Waals surface area contributed by atoms with Crippen LogP contribution in [0.5, 0.6) is 0 Å². The minimum Gasteiger partial charge on any atom is -0.480 e. The van der Waals surface area contributed by atoms with Crippen molar-refractivity contribution in [2.24, 2.45) is 5.92 Å². The predicted molar refractivity (Wildman–Crippen MR) is 83.7 cm³/mol. The number of anilines is 1. The number of carboxylic acid groups (broad SMARTS) is 1. The van der Waals surface area contributed by atoms with Crippen LogP contribution in [0.15, 0.2) is 18.2 Å². The molecule has 0 saturated carbocycles. The highest BCUT2D eigenvalue weighted by Crippen LogP contribution is 2.27. The fourth-order valence-electron chi connectivity index (χ4n) is 2.15. The molecule has 0 aliphatic heterocycles. The number of benzene rings is 1. The van der Waals surface area contributed by atoms with Gasteiger partial charge in [-0.15, -0.1) is 0 Å². The molecule has 1 aromatic carbocycles. The number of hydrogen-bond donors (Lipinski definition) is 3. The van der Waals surface area contributed by atoms with E-state index < -0.39 is 18.0 Å². The fourth-order valence-corrected chi connectivity index (χ4v) is 2.15. The van der Waals surface area contributed by atoms with Crippen molar-refractivity contribution in [1.82, 2.24) is 5.32 Å². The smallest absolute Gasteiger partial charge is 0.326 e. The van der Waals surface area contributed by atoms with Crippen molar-refractivity contribution < 1.29 is 14.7 Å². The molecule has 2 amide bonds. The van der Waals surface area contributed by atoms with Crippen molar-refractivity contribution in [3.63, 3.8) is 0 Å². The molecule has 0 aromatic heterocycles. The summed E-state index contributed by atoms with van der Waals surface area (Å²) in [5, 5.41) is 14.4. The maximum absolute atomic E-state index is 12.1. The van der Waals surface area contributed by atoms with Gasteiger partial charge in [0.05, 0.1) is 0 Å². The van der Waals surface area contributed by atoms with Gasteiger partial charge in [-0.3, -0.25) is 0 Å². The van der Waals surface area contributed by atoms with Crippen molar-refractivity contribution in [3.8, 4) is 0 Å². The Hall–Kier alpha value is -2.04. The third kappa shape index (κ3) is 4.48. The van der Waals surface area contributed by atoms with Crippen molar-refractivity contribution in [1.29, 1.82) is 0 Å². The molecule has 21 heavy (non-hydrogen) atoms. The first kappa shape index (κ1) is 17.0. The largest absolute Gasteiger partial charge is 0.480 e. The van der Waals surface area contributed by atoms with E-state index in [1.54, 1.807) is 13.8 Å². The van der Waals surface area contributed by atoms with Gasteiger partial charge in [0.2, 0.25) is 0 Å². The van der Waals surface area contributed by atoms with Crippen LogP contribution in [-0.2, 0) is 4.79 Å². The van der Waals surface area contributed by atoms with E-state index in [1.165, 1.54) is 0 Å². The zero-order chi connectivity index (χ0) is 16.2. The zero-order valence-electron chi connectivity index (χ0n) is 13.2. The Morgan fingerprint density at radius 2 is 1.76 bits per heavy atom. The molecule has 0 heterocycles. The summed E-state index contributed by atoms with van der Waals surface area (Å²) in [5.74, 6) is -0.954. The Balaban J connectivity index is 2.91. The average Bonchev–Trinajstić information content (AvgIpc) is 2.37. The van der Waals surface area contributed by atoms with Gasteiger partial charge in [-0.25, -0.2) is 9.59 Å². The maximum Gasteiger partial charge on any atom is 0.326 e. The lowest BCUT2D eigenvalue weighted by molar-refractivity contribution is -0.140. The van der Waals surface area contributed by atoms with Gasteiger partial charge in [-0.2, -0.15) is 0 Å². The predicted octanol–water partition coefficient (Wildman–Crippen LogP) is 3.35. The highest BCUT2D eigenvalue weighted by molar-refractivity contribution is 5.93. The van der Waals surface area contributed by atoms with E-state index in [2.05, 4.69) is 10.6 Å². The Bertz CT molecular complexity index is 524. The summed E-state index contributed by atoms with van der Waals surface area (Å²) in [6.45, 7) is 9.52. The van der Waals surface area contributed by atoms with Crippen LogP contribution in [0.1, 0.15) is 44.7 Å². The molecule has 0 aliphatic carbocycles. The van der Waals surface area contributed by atoms with Crippen molar-refractivity contribution in [2.45, 2.75) is 46.6 Å². The van der Waals surface area contributed by atoms with Crippen LogP contribution >= 0.6 is 0 Å². The van der Waals surface area contributed by atoms with E-state index in [4.69, 9.17) is 5.11 Å². The van der Waals surface area contributed by atoms with Crippen molar-refractivity contribution >= 4 is 17.7 Å². The molecular formula is C16H24N2O3. The maximum atomic E-state index is 12.1. The number of aryl methyl sites for hydroxylation is 1. The first-order chi connectivity index (χ1) is 9.73. The van der Waals surface area contributed by atoms with Crippen LogP contribution in [-0.4, -0.2) is 23.1 Å². The summed E-state index contributed by atoms with van der Waals surface area (Å²) in [7, 11) is 0. The molecule has 0 bridgehead atoms. The third-order valence-corrected chi connectivity index (χ3v) is 3.38. The summed E-state index contributed by atoms with van der Waals surface area (Å²) in [6.07, 6.45) is 0. The van der Waals surface area contributed by atoms with Crippen LogP contribution in [0, 0.1) is 12.8 Å². The Labute approximate surface area is 125 Å². The minimum absolute atomic E-state index is 0.185. The SMILES string of the molecule is Cc1cccc(C(C)C)c1NC(=O)NC(C(=O)O)C(C)C. The second-order valence-electron chi connectivity index (χ2n) is 5.85. The van der Waals surface area contributed by atoms with E-state index in [9.17, 15) is 9.59 Å². The lowest BCUT2D eigenvalue weighted by Crippen LogP contribution is -2.46. The van der Waals surface area contributed by atoms with Gasteiger partial charge in [0.15, 0.2) is 0 Å². The molecule has 5 heteroatoms. The van der Waals surface area contributed by atoms with Crippen molar-refractivity contribution in [3.05, 3.63) is 29.3 Å². The van der Waals surface area contributed by atoms with E-state index in [1.807, 2.05) is 39.0 Å². The molecule has 0 radical (unpaired) electrons. The lowest BCUT2D eigenvalue weighted by atomic mass is 9.98. The number of carboxylic acids is 1. The van der Waals surface area contributed by atoms with Gasteiger partial charge in [-0.1, -0.05) is 45.9 Å². The molecule has 5 nitrogen and oxygen atoms in total. The minimum atomic E-state index is -1.03. The molecular weight excluding hydrogens is 268 g/mol. The Morgan fingerprint density at radius 3 is 2.24 bits per heavy atom. The quantitative estimate of drug-likeness (QED) is 0.778. The average molecular weight is 292 g/mol. The van der Waals surface area contributed by atoms with Crippen LogP contribution in [0.2, 0.25) is 0 Å². The number of carbonyl (C=O) groups is 2. The number of nitrogens with one attached hydrogen (secondary N) is 2. The molecule has 0 spiro atoms. The van der Waals surface area contributed by atoms with Crippen LogP contribution in [0.3, 0.4) is 0 Å². The molecule has 3 N–H and O–H groups in total. The number of carbonyl (C=O) groups excluding carboxylic acids is 1. The second kappa shape index (κ2) is 7.11. The van der Waals surface area contributed by atoms with E-state index >= 15 is 0 Å². The van der Waals surface area contributed by atoms with Gasteiger partial charge in [0.25, 0.3) is 0 Å². The zero-order valence-corrected chi connectivity index (χ0v) is 13.2. The number of amides is 2. The first-order valence-corrected chi connectivity index (χ1v) is 7.13. The lowest BCUT2D eigenvalue weighted by Gasteiger charge is -2.21. The van der Waals surface area contributed by atoms with Crippen molar-refractivity contribution in [2.75, 3.05) is 5.32 Å². The first-order valence-electron chi connectivity index (χ1n) is 7.13. The number of urea groups is 1. The summed E-state index contributed by atoms with van der Waals surface area (Å²) in [5.41, 5.74) is 2.73. The van der Waals surface area contributed by atoms with Gasteiger partial charge in [0.1, 0.15) is 6.04 Å². The summed E-state index contributed by atoms with van der Waals surface area (Å²) in [4.78, 5) is 23.2. The summed E-state index contributed by atoms with van der Waals surface area (Å²) < 4.78 is 0. The molecule has 1 atom stereocenters. The van der Waals surface area contributed by atoms with Gasteiger partial charge >= 0.3 is 12.0 Å². The Kier molecular flexibility index (Phi) is 5.76. The summed E-state index contributed by atoms with van der Waals surface area (Å²) >= 11 is 0. The monoisotopic (exact) mass is 292 g/mol. The van der Waals surface area contributed by atoms with Crippen LogP contribution in [0.25, 0.3) is 0 Å². The van der Waals surface area contributed by atoms with Crippen LogP contribution in [0.4, 0.5) is 10.5 Å². The van der Waals surface area contributed by atoms with Gasteiger partial charge < -0.3 is 15.7 Å².